The zero-order valence-corrected chi connectivity index (χ0v) is 18.5. The Morgan fingerprint density at radius 2 is 1.79 bits per heavy atom. The second-order valence-electron chi connectivity index (χ2n) is 7.22. The molecule has 1 atom stereocenters. The summed E-state index contributed by atoms with van der Waals surface area (Å²) < 4.78 is 5.62. The van der Waals surface area contributed by atoms with Crippen LogP contribution in [0.4, 0.5) is 0 Å². The van der Waals surface area contributed by atoms with Gasteiger partial charge in [-0.05, 0) is 61.7 Å². The van der Waals surface area contributed by atoms with E-state index in [1.165, 1.54) is 24.8 Å². The van der Waals surface area contributed by atoms with Crippen LogP contribution in [0, 0.1) is 0 Å². The number of hydrogen-bond acceptors (Lipinski definition) is 3. The molecule has 1 N–H and O–H groups in total. The van der Waals surface area contributed by atoms with E-state index in [2.05, 4.69) is 23.2 Å². The Bertz CT molecular complexity index is 762. The van der Waals surface area contributed by atoms with Crippen molar-refractivity contribution in [3.63, 3.8) is 0 Å². The van der Waals surface area contributed by atoms with Crippen LogP contribution in [-0.4, -0.2) is 37.0 Å². The number of likely N-dealkylation sites (tertiary alicyclic amines) is 1. The van der Waals surface area contributed by atoms with E-state index < -0.39 is 0 Å². The average molecular weight is 437 g/mol. The molecule has 1 amide bonds. The van der Waals surface area contributed by atoms with Gasteiger partial charge in [-0.3, -0.25) is 9.69 Å². The number of nitrogens with zero attached hydrogens (tertiary/aromatic N) is 1. The summed E-state index contributed by atoms with van der Waals surface area (Å²) in [5.41, 5.74) is 2.32. The topological polar surface area (TPSA) is 41.6 Å². The number of amides is 1. The van der Waals surface area contributed by atoms with Gasteiger partial charge in [-0.15, -0.1) is 12.4 Å². The van der Waals surface area contributed by atoms with Crippen molar-refractivity contribution in [3.05, 3.63) is 64.7 Å². The molecule has 1 aliphatic heterocycles. The first kappa shape index (κ1) is 23.5. The fourth-order valence-electron chi connectivity index (χ4n) is 3.64. The van der Waals surface area contributed by atoms with E-state index in [1.807, 2.05) is 42.5 Å². The van der Waals surface area contributed by atoms with Crippen molar-refractivity contribution in [1.82, 2.24) is 10.2 Å². The van der Waals surface area contributed by atoms with Gasteiger partial charge in [0.15, 0.2) is 6.61 Å². The molecule has 1 aliphatic rings. The highest BCUT2D eigenvalue weighted by Crippen LogP contribution is 2.29. The van der Waals surface area contributed by atoms with Crippen molar-refractivity contribution in [2.24, 2.45) is 0 Å². The van der Waals surface area contributed by atoms with Gasteiger partial charge in [0.1, 0.15) is 5.75 Å². The van der Waals surface area contributed by atoms with E-state index in [4.69, 9.17) is 16.3 Å². The van der Waals surface area contributed by atoms with Crippen molar-refractivity contribution in [2.45, 2.75) is 38.6 Å². The molecule has 0 spiro atoms. The summed E-state index contributed by atoms with van der Waals surface area (Å²) in [5, 5.41) is 3.78. The smallest absolute Gasteiger partial charge is 0.258 e. The normalized spacial score (nSPS) is 15.2. The van der Waals surface area contributed by atoms with Gasteiger partial charge in [0.2, 0.25) is 0 Å². The van der Waals surface area contributed by atoms with Crippen LogP contribution in [0.5, 0.6) is 5.75 Å². The van der Waals surface area contributed by atoms with Crippen molar-refractivity contribution in [2.75, 3.05) is 26.2 Å². The Morgan fingerprint density at radius 3 is 2.45 bits per heavy atom. The van der Waals surface area contributed by atoms with Gasteiger partial charge in [-0.2, -0.15) is 0 Å². The van der Waals surface area contributed by atoms with E-state index in [0.717, 1.165) is 30.1 Å². The molecule has 0 saturated carbocycles. The van der Waals surface area contributed by atoms with Gasteiger partial charge >= 0.3 is 0 Å². The number of halogens is 2. The van der Waals surface area contributed by atoms with Crippen molar-refractivity contribution in [3.8, 4) is 5.75 Å². The number of piperidine rings is 1. The number of hydrogen-bond donors (Lipinski definition) is 1. The second kappa shape index (κ2) is 12.1. The summed E-state index contributed by atoms with van der Waals surface area (Å²) in [5.74, 6) is 0.597. The maximum atomic E-state index is 12.4. The van der Waals surface area contributed by atoms with Crippen molar-refractivity contribution >= 4 is 29.9 Å². The summed E-state index contributed by atoms with van der Waals surface area (Å²) in [6.45, 7) is 4.72. The van der Waals surface area contributed by atoms with Gasteiger partial charge in [0.05, 0.1) is 6.04 Å². The number of ether oxygens (including phenoxy) is 1. The minimum Gasteiger partial charge on any atom is -0.484 e. The summed E-state index contributed by atoms with van der Waals surface area (Å²) in [6, 6.07) is 15.9. The molecule has 1 unspecified atom stereocenters. The first-order valence-corrected chi connectivity index (χ1v) is 10.5. The molecule has 0 radical (unpaired) electrons. The van der Waals surface area contributed by atoms with Crippen LogP contribution < -0.4 is 10.1 Å². The van der Waals surface area contributed by atoms with Crippen LogP contribution in [0.15, 0.2) is 48.5 Å². The first-order chi connectivity index (χ1) is 13.7. The third-order valence-corrected chi connectivity index (χ3v) is 5.63. The summed E-state index contributed by atoms with van der Waals surface area (Å²) in [7, 11) is 0. The van der Waals surface area contributed by atoms with Gasteiger partial charge in [-0.25, -0.2) is 0 Å². The number of aryl methyl sites for hydroxylation is 1. The van der Waals surface area contributed by atoms with E-state index in [0.29, 0.717) is 12.3 Å². The van der Waals surface area contributed by atoms with Crippen LogP contribution in [0.25, 0.3) is 0 Å². The van der Waals surface area contributed by atoms with Crippen molar-refractivity contribution < 1.29 is 9.53 Å². The summed E-state index contributed by atoms with van der Waals surface area (Å²) in [6.07, 6.45) is 4.63. The molecule has 29 heavy (non-hydrogen) atoms. The molecule has 2 aromatic rings. The summed E-state index contributed by atoms with van der Waals surface area (Å²) >= 11 is 6.46. The lowest BCUT2D eigenvalue weighted by Gasteiger charge is -2.35. The third-order valence-electron chi connectivity index (χ3n) is 5.29. The molecule has 3 rings (SSSR count). The predicted octanol–water partition coefficient (Wildman–Crippen LogP) is 5.05. The minimum absolute atomic E-state index is 0. The molecule has 2 aromatic carbocycles. The van der Waals surface area contributed by atoms with Gasteiger partial charge in [-0.1, -0.05) is 55.3 Å². The Labute approximate surface area is 185 Å². The molecule has 158 valence electrons. The number of carbonyl (C=O) groups excluding carboxylic acids is 1. The maximum Gasteiger partial charge on any atom is 0.258 e. The lowest BCUT2D eigenvalue weighted by Crippen LogP contribution is -2.41. The number of carbonyl (C=O) groups is 1. The molecule has 0 bridgehead atoms. The van der Waals surface area contributed by atoms with Crippen LogP contribution in [0.1, 0.15) is 43.4 Å². The van der Waals surface area contributed by atoms with Crippen LogP contribution in [-0.2, 0) is 11.2 Å². The standard InChI is InChI=1S/C23H29ClN2O2.ClH/c1-2-18-10-12-19(13-11-18)28-17-23(27)25-16-22(26-14-6-3-7-15-26)20-8-4-5-9-21(20)24;/h4-5,8-13,22H,2-3,6-7,14-17H2,1H3,(H,25,27);1H. The third kappa shape index (κ3) is 6.91. The van der Waals surface area contributed by atoms with E-state index >= 15 is 0 Å². The number of nitrogens with one attached hydrogen (secondary N) is 1. The molecule has 1 saturated heterocycles. The average Bonchev–Trinajstić information content (AvgIpc) is 2.74. The molecular weight excluding hydrogens is 407 g/mol. The van der Waals surface area contributed by atoms with Crippen LogP contribution in [0.2, 0.25) is 5.02 Å². The largest absolute Gasteiger partial charge is 0.484 e. The Hall–Kier alpha value is -1.75. The molecule has 0 aliphatic carbocycles. The van der Waals surface area contributed by atoms with Crippen LogP contribution >= 0.6 is 24.0 Å². The van der Waals surface area contributed by atoms with E-state index in [-0.39, 0.29) is 31.0 Å². The SMILES string of the molecule is CCc1ccc(OCC(=O)NCC(c2ccccc2Cl)N2CCCCC2)cc1.Cl. The van der Waals surface area contributed by atoms with Gasteiger partial charge in [0.25, 0.3) is 5.91 Å². The molecule has 4 nitrogen and oxygen atoms in total. The summed E-state index contributed by atoms with van der Waals surface area (Å²) in [4.78, 5) is 14.8. The van der Waals surface area contributed by atoms with Gasteiger partial charge < -0.3 is 10.1 Å². The number of benzene rings is 2. The lowest BCUT2D eigenvalue weighted by atomic mass is 10.0. The predicted molar refractivity (Wildman–Crippen MR) is 121 cm³/mol. The first-order valence-electron chi connectivity index (χ1n) is 10.1. The minimum atomic E-state index is -0.117. The molecule has 1 fully saturated rings. The fourth-order valence-corrected chi connectivity index (χ4v) is 3.90. The van der Waals surface area contributed by atoms with Crippen molar-refractivity contribution in [1.29, 1.82) is 0 Å². The zero-order valence-electron chi connectivity index (χ0n) is 16.9. The van der Waals surface area contributed by atoms with E-state index in [9.17, 15) is 4.79 Å². The van der Waals surface area contributed by atoms with Gasteiger partial charge in [0, 0.05) is 11.6 Å². The highest BCUT2D eigenvalue weighted by Gasteiger charge is 2.24. The second-order valence-corrected chi connectivity index (χ2v) is 7.63. The fraction of sp³-hybridized carbons (Fsp3) is 0.435. The molecular formula is C23H30Cl2N2O2. The number of rotatable bonds is 8. The zero-order chi connectivity index (χ0) is 19.8. The van der Waals surface area contributed by atoms with Crippen LogP contribution in [0.3, 0.4) is 0 Å². The quantitative estimate of drug-likeness (QED) is 0.629. The van der Waals surface area contributed by atoms with E-state index in [1.54, 1.807) is 0 Å². The Kier molecular flexibility index (Phi) is 9.79. The Balaban J connectivity index is 0.00000300. The maximum absolute atomic E-state index is 12.4. The highest BCUT2D eigenvalue weighted by molar-refractivity contribution is 6.31. The molecule has 0 aromatic heterocycles. The molecule has 1 heterocycles. The highest BCUT2D eigenvalue weighted by atomic mass is 35.5. The Morgan fingerprint density at radius 1 is 1.10 bits per heavy atom. The molecule has 6 heteroatoms. The monoisotopic (exact) mass is 436 g/mol. The lowest BCUT2D eigenvalue weighted by molar-refractivity contribution is -0.123.